The zero-order valence-electron chi connectivity index (χ0n) is 13.8. The number of ether oxygens (including phenoxy) is 1. The highest BCUT2D eigenvalue weighted by Crippen LogP contribution is 2.26. The van der Waals surface area contributed by atoms with Gasteiger partial charge in [0.15, 0.2) is 0 Å². The fourth-order valence-electron chi connectivity index (χ4n) is 3.02. The van der Waals surface area contributed by atoms with Crippen molar-refractivity contribution in [3.8, 4) is 5.75 Å². The van der Waals surface area contributed by atoms with Gasteiger partial charge in [-0.3, -0.25) is 4.79 Å². The van der Waals surface area contributed by atoms with Gasteiger partial charge >= 0.3 is 0 Å². The lowest BCUT2D eigenvalue weighted by Gasteiger charge is -2.42. The van der Waals surface area contributed by atoms with E-state index in [1.807, 2.05) is 41.1 Å². The van der Waals surface area contributed by atoms with Crippen LogP contribution in [0.4, 0.5) is 0 Å². The number of hydrogen-bond acceptors (Lipinski definition) is 4. The van der Waals surface area contributed by atoms with Gasteiger partial charge in [-0.25, -0.2) is 4.98 Å². The molecule has 1 amide bonds. The third-order valence-corrected chi connectivity index (χ3v) is 4.38. The minimum Gasteiger partial charge on any atom is -0.487 e. The molecule has 3 rings (SSSR count). The summed E-state index contributed by atoms with van der Waals surface area (Å²) in [6, 6.07) is 9.47. The Bertz CT molecular complexity index is 655. The number of piperidine rings is 1. The molecule has 128 valence electrons. The van der Waals surface area contributed by atoms with E-state index in [0.29, 0.717) is 25.9 Å². The summed E-state index contributed by atoms with van der Waals surface area (Å²) in [5.74, 6) is 0.782. The van der Waals surface area contributed by atoms with E-state index < -0.39 is 5.60 Å². The van der Waals surface area contributed by atoms with Crippen molar-refractivity contribution in [1.82, 2.24) is 14.5 Å². The summed E-state index contributed by atoms with van der Waals surface area (Å²) in [6.45, 7) is 3.21. The third-order valence-electron chi connectivity index (χ3n) is 4.38. The molecule has 1 aliphatic heterocycles. The monoisotopic (exact) mass is 329 g/mol. The first-order valence-electron chi connectivity index (χ1n) is 8.22. The Kier molecular flexibility index (Phi) is 4.85. The van der Waals surface area contributed by atoms with Gasteiger partial charge in [0, 0.05) is 38.3 Å². The number of hydrogen-bond donors (Lipinski definition) is 1. The van der Waals surface area contributed by atoms with E-state index in [1.54, 1.807) is 24.3 Å². The number of carbonyl (C=O) groups is 1. The molecule has 0 spiro atoms. The lowest BCUT2D eigenvalue weighted by atomic mass is 9.91. The Morgan fingerprint density at radius 2 is 2.21 bits per heavy atom. The Morgan fingerprint density at radius 1 is 1.42 bits per heavy atom. The molecule has 1 aromatic heterocycles. The fraction of sp³-hybridized carbons (Fsp3) is 0.444. The summed E-state index contributed by atoms with van der Waals surface area (Å²) < 4.78 is 7.79. The van der Waals surface area contributed by atoms with Crippen molar-refractivity contribution in [2.45, 2.75) is 38.0 Å². The third kappa shape index (κ3) is 3.94. The molecule has 1 aliphatic rings. The number of carbonyl (C=O) groups excluding carboxylic acids is 1. The molecule has 6 nitrogen and oxygen atoms in total. The zero-order valence-corrected chi connectivity index (χ0v) is 13.8. The molecule has 0 unspecified atom stereocenters. The quantitative estimate of drug-likeness (QED) is 0.907. The molecule has 1 aromatic carbocycles. The lowest BCUT2D eigenvalue weighted by molar-refractivity contribution is -0.146. The van der Waals surface area contributed by atoms with Crippen molar-refractivity contribution in [2.75, 3.05) is 13.1 Å². The molecule has 2 heterocycles. The molecule has 2 aromatic rings. The summed E-state index contributed by atoms with van der Waals surface area (Å²) in [7, 11) is 0. The average molecular weight is 329 g/mol. The minimum absolute atomic E-state index is 0.0436. The van der Waals surface area contributed by atoms with Crippen LogP contribution in [0, 0.1) is 0 Å². The summed E-state index contributed by atoms with van der Waals surface area (Å²) in [5.41, 5.74) is -1.07. The van der Waals surface area contributed by atoms with E-state index in [9.17, 15) is 9.90 Å². The second kappa shape index (κ2) is 7.05. The van der Waals surface area contributed by atoms with Crippen LogP contribution in [-0.4, -0.2) is 50.3 Å². The molecule has 1 fully saturated rings. The Morgan fingerprint density at radius 3 is 2.88 bits per heavy atom. The number of para-hydroxylation sites is 1. The van der Waals surface area contributed by atoms with Crippen LogP contribution in [0.1, 0.15) is 19.8 Å². The molecular formula is C18H23N3O3. The van der Waals surface area contributed by atoms with Crippen LogP contribution in [0.25, 0.3) is 0 Å². The number of imidazole rings is 1. The SMILES string of the molecule is C[C@]1(O)CN(C(=O)CCn2ccnc2)CC[C@@H]1Oc1ccccc1. The van der Waals surface area contributed by atoms with Gasteiger partial charge in [-0.1, -0.05) is 18.2 Å². The summed E-state index contributed by atoms with van der Waals surface area (Å²) in [6.07, 6.45) is 5.92. The van der Waals surface area contributed by atoms with E-state index >= 15 is 0 Å². The number of aryl methyl sites for hydroxylation is 1. The first-order valence-corrected chi connectivity index (χ1v) is 8.22. The Hall–Kier alpha value is -2.34. The standard InChI is InChI=1S/C18H23N3O3/c1-18(23)13-21(17(22)8-10-20-12-9-19-14-20)11-7-16(18)24-15-5-3-2-4-6-15/h2-6,9,12,14,16,23H,7-8,10-11,13H2,1H3/t16-,18-/m0/s1. The molecule has 1 N–H and O–H groups in total. The number of aliphatic hydroxyl groups is 1. The predicted octanol–water partition coefficient (Wildman–Crippen LogP) is 1.70. The van der Waals surface area contributed by atoms with Gasteiger partial charge in [0.1, 0.15) is 17.5 Å². The highest BCUT2D eigenvalue weighted by molar-refractivity contribution is 5.76. The van der Waals surface area contributed by atoms with E-state index in [4.69, 9.17) is 4.74 Å². The second-order valence-electron chi connectivity index (χ2n) is 6.43. The Balaban J connectivity index is 1.55. The van der Waals surface area contributed by atoms with Crippen LogP contribution in [0.2, 0.25) is 0 Å². The van der Waals surface area contributed by atoms with Gasteiger partial charge in [-0.2, -0.15) is 0 Å². The molecule has 24 heavy (non-hydrogen) atoms. The summed E-state index contributed by atoms with van der Waals surface area (Å²) in [4.78, 5) is 18.1. The summed E-state index contributed by atoms with van der Waals surface area (Å²) in [5, 5.41) is 10.7. The number of rotatable bonds is 5. The van der Waals surface area contributed by atoms with Crippen LogP contribution in [0.15, 0.2) is 49.1 Å². The number of amides is 1. The van der Waals surface area contributed by atoms with Gasteiger partial charge in [-0.05, 0) is 19.1 Å². The van der Waals surface area contributed by atoms with Gasteiger partial charge in [0.25, 0.3) is 0 Å². The predicted molar refractivity (Wildman–Crippen MR) is 89.5 cm³/mol. The smallest absolute Gasteiger partial charge is 0.224 e. The normalized spacial score (nSPS) is 23.9. The number of aromatic nitrogens is 2. The van der Waals surface area contributed by atoms with Crippen LogP contribution >= 0.6 is 0 Å². The molecule has 0 radical (unpaired) electrons. The number of benzene rings is 1. The van der Waals surface area contributed by atoms with Crippen molar-refractivity contribution in [3.63, 3.8) is 0 Å². The zero-order chi connectivity index (χ0) is 17.0. The molecule has 2 atom stereocenters. The number of β-amino-alcohol motifs (C(OH)–C–C–N with tert-alkyl or cyclic N) is 1. The van der Waals surface area contributed by atoms with E-state index in [-0.39, 0.29) is 18.6 Å². The van der Waals surface area contributed by atoms with E-state index in [2.05, 4.69) is 4.98 Å². The van der Waals surface area contributed by atoms with E-state index in [1.165, 1.54) is 0 Å². The maximum absolute atomic E-state index is 12.4. The molecule has 0 saturated carbocycles. The first kappa shape index (κ1) is 16.5. The second-order valence-corrected chi connectivity index (χ2v) is 6.43. The average Bonchev–Trinajstić information content (AvgIpc) is 3.08. The fourth-order valence-corrected chi connectivity index (χ4v) is 3.02. The van der Waals surface area contributed by atoms with Crippen molar-refractivity contribution in [2.24, 2.45) is 0 Å². The summed E-state index contributed by atoms with van der Waals surface area (Å²) >= 11 is 0. The number of nitrogens with zero attached hydrogens (tertiary/aromatic N) is 3. The molecular weight excluding hydrogens is 306 g/mol. The first-order chi connectivity index (χ1) is 11.5. The highest BCUT2D eigenvalue weighted by atomic mass is 16.5. The van der Waals surface area contributed by atoms with E-state index in [0.717, 1.165) is 5.75 Å². The van der Waals surface area contributed by atoms with Crippen LogP contribution in [-0.2, 0) is 11.3 Å². The van der Waals surface area contributed by atoms with Crippen LogP contribution in [0.3, 0.4) is 0 Å². The topological polar surface area (TPSA) is 67.6 Å². The highest BCUT2D eigenvalue weighted by Gasteiger charge is 2.41. The van der Waals surface area contributed by atoms with Crippen molar-refractivity contribution >= 4 is 5.91 Å². The lowest BCUT2D eigenvalue weighted by Crippen LogP contribution is -2.58. The van der Waals surface area contributed by atoms with Crippen molar-refractivity contribution < 1.29 is 14.6 Å². The van der Waals surface area contributed by atoms with Crippen LogP contribution in [0.5, 0.6) is 5.75 Å². The van der Waals surface area contributed by atoms with Crippen molar-refractivity contribution in [3.05, 3.63) is 49.1 Å². The minimum atomic E-state index is -1.07. The van der Waals surface area contributed by atoms with Gasteiger partial charge in [0.2, 0.25) is 5.91 Å². The van der Waals surface area contributed by atoms with Crippen molar-refractivity contribution in [1.29, 1.82) is 0 Å². The largest absolute Gasteiger partial charge is 0.487 e. The molecule has 0 aliphatic carbocycles. The molecule has 1 saturated heterocycles. The van der Waals surface area contributed by atoms with Gasteiger partial charge in [0.05, 0.1) is 12.9 Å². The van der Waals surface area contributed by atoms with Crippen LogP contribution < -0.4 is 4.74 Å². The maximum Gasteiger partial charge on any atom is 0.224 e. The molecule has 0 bridgehead atoms. The maximum atomic E-state index is 12.4. The molecule has 6 heteroatoms. The number of likely N-dealkylation sites (tertiary alicyclic amines) is 1. The Labute approximate surface area is 141 Å². The van der Waals surface area contributed by atoms with Gasteiger partial charge < -0.3 is 19.3 Å². The van der Waals surface area contributed by atoms with Gasteiger partial charge in [-0.15, -0.1) is 0 Å².